The Labute approximate surface area is 201 Å². The summed E-state index contributed by atoms with van der Waals surface area (Å²) in [5.74, 6) is 0.658. The molecule has 0 fully saturated rings. The molecule has 1 amide bonds. The molecule has 0 aliphatic rings. The first-order valence-corrected chi connectivity index (χ1v) is 12.1. The predicted octanol–water partition coefficient (Wildman–Crippen LogP) is 7.67. The third kappa shape index (κ3) is 4.72. The lowest BCUT2D eigenvalue weighted by atomic mass is 9.94. The lowest BCUT2D eigenvalue weighted by molar-refractivity contribution is -0.116. The van der Waals surface area contributed by atoms with Gasteiger partial charge in [0.05, 0.1) is 13.4 Å². The fourth-order valence-corrected chi connectivity index (χ4v) is 4.63. The minimum absolute atomic E-state index is 0.0738. The first-order valence-electron chi connectivity index (χ1n) is 12.1. The van der Waals surface area contributed by atoms with Crippen LogP contribution >= 0.6 is 0 Å². The molecular weight excluding hydrogens is 422 g/mol. The number of methoxy groups -OCH3 is 1. The van der Waals surface area contributed by atoms with Gasteiger partial charge >= 0.3 is 0 Å². The highest BCUT2D eigenvalue weighted by molar-refractivity contribution is 6.07. The van der Waals surface area contributed by atoms with E-state index in [0.29, 0.717) is 6.54 Å². The van der Waals surface area contributed by atoms with Crippen LogP contribution in [0.4, 0.5) is 0 Å². The van der Waals surface area contributed by atoms with Crippen LogP contribution in [0.25, 0.3) is 38.4 Å². The maximum atomic E-state index is 12.5. The van der Waals surface area contributed by atoms with Gasteiger partial charge in [-0.2, -0.15) is 0 Å². The number of rotatable bonds is 9. The molecule has 0 bridgehead atoms. The molecule has 4 aromatic rings. The Bertz CT molecular complexity index is 1340. The number of allylic oxidation sites excluding steroid dienone is 1. The first kappa shape index (κ1) is 23.6. The summed E-state index contributed by atoms with van der Waals surface area (Å²) in [6, 6.07) is 16.8. The molecule has 3 aromatic carbocycles. The van der Waals surface area contributed by atoms with Crippen molar-refractivity contribution in [2.45, 2.75) is 46.5 Å². The van der Waals surface area contributed by atoms with Crippen LogP contribution in [0.1, 0.15) is 50.7 Å². The highest BCUT2D eigenvalue weighted by atomic mass is 16.5. The zero-order valence-electron chi connectivity index (χ0n) is 20.5. The topological polar surface area (TPSA) is 51.5 Å². The van der Waals surface area contributed by atoms with Gasteiger partial charge in [-0.25, -0.2) is 0 Å². The van der Waals surface area contributed by atoms with Crippen LogP contribution in [0.2, 0.25) is 0 Å². The van der Waals surface area contributed by atoms with E-state index in [4.69, 9.17) is 9.15 Å². The number of nitrogens with one attached hydrogen (secondary N) is 1. The van der Waals surface area contributed by atoms with Gasteiger partial charge in [-0.3, -0.25) is 4.79 Å². The van der Waals surface area contributed by atoms with E-state index in [2.05, 4.69) is 60.8 Å². The van der Waals surface area contributed by atoms with Crippen LogP contribution in [0.5, 0.6) is 5.75 Å². The first-order chi connectivity index (χ1) is 16.5. The molecule has 4 nitrogen and oxygen atoms in total. The quantitative estimate of drug-likeness (QED) is 0.208. The number of hydrogen-bond donors (Lipinski definition) is 1. The van der Waals surface area contributed by atoms with E-state index in [1.165, 1.54) is 23.6 Å². The van der Waals surface area contributed by atoms with Crippen LogP contribution in [0.15, 0.2) is 65.3 Å². The summed E-state index contributed by atoms with van der Waals surface area (Å²) in [5, 5.41) is 6.39. The summed E-state index contributed by atoms with van der Waals surface area (Å²) in [6.07, 6.45) is 8.02. The Balaban J connectivity index is 1.74. The van der Waals surface area contributed by atoms with E-state index >= 15 is 0 Å². The summed E-state index contributed by atoms with van der Waals surface area (Å²) >= 11 is 0. The summed E-state index contributed by atoms with van der Waals surface area (Å²) < 4.78 is 11.8. The summed E-state index contributed by atoms with van der Waals surface area (Å²) in [6.45, 7) is 6.84. The number of amides is 1. The van der Waals surface area contributed by atoms with Crippen LogP contribution in [-0.4, -0.2) is 19.6 Å². The van der Waals surface area contributed by atoms with Gasteiger partial charge in [0.2, 0.25) is 5.91 Å². The van der Waals surface area contributed by atoms with E-state index in [1.54, 1.807) is 13.2 Å². The number of fused-ring (bicyclic) bond motifs is 2. The summed E-state index contributed by atoms with van der Waals surface area (Å²) in [5.41, 5.74) is 5.64. The minimum Gasteiger partial charge on any atom is -0.496 e. The lowest BCUT2D eigenvalue weighted by Gasteiger charge is -2.14. The van der Waals surface area contributed by atoms with Crippen LogP contribution in [0, 0.1) is 6.92 Å². The second-order valence-corrected chi connectivity index (χ2v) is 8.81. The number of unbranched alkanes of at least 4 members (excludes halogenated alkanes) is 3. The van der Waals surface area contributed by atoms with Crippen molar-refractivity contribution in [3.63, 3.8) is 0 Å². The molecule has 1 N–H and O–H groups in total. The molecule has 1 heterocycles. The molecule has 0 aliphatic carbocycles. The van der Waals surface area contributed by atoms with Crippen LogP contribution < -0.4 is 10.1 Å². The Morgan fingerprint density at radius 1 is 1.03 bits per heavy atom. The molecule has 0 spiro atoms. The van der Waals surface area contributed by atoms with Gasteiger partial charge in [-0.15, -0.1) is 0 Å². The van der Waals surface area contributed by atoms with Gasteiger partial charge in [0, 0.05) is 34.7 Å². The largest absolute Gasteiger partial charge is 0.496 e. The summed E-state index contributed by atoms with van der Waals surface area (Å²) in [4.78, 5) is 12.5. The number of furan rings is 1. The fraction of sp³-hybridized carbons (Fsp3) is 0.300. The van der Waals surface area contributed by atoms with Gasteiger partial charge in [-0.05, 0) is 48.2 Å². The van der Waals surface area contributed by atoms with Gasteiger partial charge in [-0.1, -0.05) is 68.7 Å². The number of carbonyl (C=O) groups excluding carboxylic acids is 1. The molecule has 176 valence electrons. The normalized spacial score (nSPS) is 11.8. The molecule has 4 heteroatoms. The zero-order chi connectivity index (χ0) is 24.1. The molecule has 34 heavy (non-hydrogen) atoms. The molecule has 0 saturated carbocycles. The molecule has 0 radical (unpaired) electrons. The number of benzene rings is 3. The number of ether oxygens (including phenoxy) is 1. The van der Waals surface area contributed by atoms with E-state index in [1.807, 2.05) is 20.1 Å². The molecule has 0 aliphatic heterocycles. The van der Waals surface area contributed by atoms with Gasteiger partial charge < -0.3 is 14.5 Å². The predicted molar refractivity (Wildman–Crippen MR) is 141 cm³/mol. The molecule has 1 aromatic heterocycles. The minimum atomic E-state index is -0.0738. The van der Waals surface area contributed by atoms with E-state index in [-0.39, 0.29) is 5.91 Å². The monoisotopic (exact) mass is 455 g/mol. The van der Waals surface area contributed by atoms with Gasteiger partial charge in [0.1, 0.15) is 11.3 Å². The molecule has 0 atom stereocenters. The smallest absolute Gasteiger partial charge is 0.244 e. The maximum Gasteiger partial charge on any atom is 0.244 e. The van der Waals surface area contributed by atoms with E-state index in [9.17, 15) is 4.79 Å². The average molecular weight is 456 g/mol. The highest BCUT2D eigenvalue weighted by Crippen LogP contribution is 2.42. The van der Waals surface area contributed by atoms with Crippen molar-refractivity contribution in [3.8, 4) is 16.9 Å². The number of aryl methyl sites for hydroxylation is 1. The lowest BCUT2D eigenvalue weighted by Crippen LogP contribution is -2.22. The third-order valence-corrected chi connectivity index (χ3v) is 6.43. The molecule has 4 rings (SSSR count). The van der Waals surface area contributed by atoms with Crippen LogP contribution in [0.3, 0.4) is 0 Å². The number of carbonyl (C=O) groups is 1. The Hall–Kier alpha value is -3.53. The second-order valence-electron chi connectivity index (χ2n) is 8.81. The molecule has 0 unspecified atom stereocenters. The Morgan fingerprint density at radius 3 is 2.62 bits per heavy atom. The van der Waals surface area contributed by atoms with Crippen molar-refractivity contribution >= 4 is 33.2 Å². The van der Waals surface area contributed by atoms with E-state index in [0.717, 1.165) is 57.4 Å². The van der Waals surface area contributed by atoms with Crippen molar-refractivity contribution < 1.29 is 13.9 Å². The average Bonchev–Trinajstić information content (AvgIpc) is 3.27. The number of hydrogen-bond acceptors (Lipinski definition) is 3. The standard InChI is InChI=1S/C30H33NO3/c1-5-6-7-10-16-31-28(32)17-20(2)25-18-26-27(19-34-30(26)21(3)29(25)33-4)24-15-11-13-22-12-8-9-14-23(22)24/h8-9,11-15,17-19H,5-7,10,16H2,1-4H3,(H,31,32)/b20-17+. The highest BCUT2D eigenvalue weighted by Gasteiger charge is 2.19. The van der Waals surface area contributed by atoms with Crippen molar-refractivity contribution in [2.24, 2.45) is 0 Å². The maximum absolute atomic E-state index is 12.5. The zero-order valence-corrected chi connectivity index (χ0v) is 20.5. The van der Waals surface area contributed by atoms with Crippen molar-refractivity contribution in [2.75, 3.05) is 13.7 Å². The van der Waals surface area contributed by atoms with Gasteiger partial charge in [0.25, 0.3) is 0 Å². The Morgan fingerprint density at radius 2 is 1.82 bits per heavy atom. The van der Waals surface area contributed by atoms with Gasteiger partial charge in [0.15, 0.2) is 0 Å². The van der Waals surface area contributed by atoms with E-state index < -0.39 is 0 Å². The fourth-order valence-electron chi connectivity index (χ4n) is 4.63. The second kappa shape index (κ2) is 10.6. The Kier molecular flexibility index (Phi) is 7.36. The summed E-state index contributed by atoms with van der Waals surface area (Å²) in [7, 11) is 1.66. The molecule has 0 saturated heterocycles. The van der Waals surface area contributed by atoms with Crippen molar-refractivity contribution in [3.05, 3.63) is 72.0 Å². The van der Waals surface area contributed by atoms with Crippen LogP contribution in [-0.2, 0) is 4.79 Å². The molecular formula is C30H33NO3. The van der Waals surface area contributed by atoms with Crippen molar-refractivity contribution in [1.29, 1.82) is 0 Å². The SMILES string of the molecule is CCCCCCNC(=O)/C=C(\C)c1cc2c(-c3cccc4ccccc34)coc2c(C)c1OC. The third-order valence-electron chi connectivity index (χ3n) is 6.43. The van der Waals surface area contributed by atoms with Crippen molar-refractivity contribution in [1.82, 2.24) is 5.32 Å².